The Morgan fingerprint density at radius 3 is 2.79 bits per heavy atom. The number of hydrogen-bond donors (Lipinski definition) is 2. The molecule has 1 aliphatic rings. The maximum atomic E-state index is 14.5. The van der Waals surface area contributed by atoms with Crippen molar-refractivity contribution in [1.29, 1.82) is 0 Å². The van der Waals surface area contributed by atoms with Gasteiger partial charge in [-0.2, -0.15) is 4.39 Å². The van der Waals surface area contributed by atoms with Crippen LogP contribution in [-0.4, -0.2) is 26.8 Å². The number of benzene rings is 1. The van der Waals surface area contributed by atoms with Crippen molar-refractivity contribution in [3.63, 3.8) is 0 Å². The molecule has 0 saturated heterocycles. The predicted molar refractivity (Wildman–Crippen MR) is 128 cm³/mol. The summed E-state index contributed by atoms with van der Waals surface area (Å²) in [6.45, 7) is 3.82. The lowest BCUT2D eigenvalue weighted by molar-refractivity contribution is 0.0946. The molecule has 3 aromatic heterocycles. The topological polar surface area (TPSA) is 88.4 Å². The van der Waals surface area contributed by atoms with Gasteiger partial charge in [0, 0.05) is 36.3 Å². The van der Waals surface area contributed by atoms with Crippen molar-refractivity contribution in [2.24, 2.45) is 11.8 Å². The van der Waals surface area contributed by atoms with E-state index in [1.54, 1.807) is 36.5 Å². The van der Waals surface area contributed by atoms with Crippen molar-refractivity contribution in [2.45, 2.75) is 32.9 Å². The van der Waals surface area contributed by atoms with E-state index in [9.17, 15) is 14.0 Å². The molecule has 3 heterocycles. The molecule has 5 rings (SSSR count). The van der Waals surface area contributed by atoms with Gasteiger partial charge in [0.2, 0.25) is 5.95 Å². The van der Waals surface area contributed by atoms with E-state index in [2.05, 4.69) is 27.5 Å². The SMILES string of the molecule is C[C@@H]1CC[C@H]1CNCc1cc2cc(CNC(=O)c3cc(=O)n4ccccc4n3)ccc2nc1F. The van der Waals surface area contributed by atoms with Crippen LogP contribution in [0.1, 0.15) is 41.4 Å². The molecule has 2 N–H and O–H groups in total. The summed E-state index contributed by atoms with van der Waals surface area (Å²) in [6.07, 6.45) is 4.10. The maximum absolute atomic E-state index is 14.5. The van der Waals surface area contributed by atoms with E-state index in [-0.39, 0.29) is 17.8 Å². The average molecular weight is 460 g/mol. The first kappa shape index (κ1) is 22.2. The van der Waals surface area contributed by atoms with Crippen molar-refractivity contribution in [2.75, 3.05) is 6.54 Å². The number of carbonyl (C=O) groups excluding carboxylic acids is 1. The lowest BCUT2D eigenvalue weighted by atomic mass is 9.75. The number of nitrogens with zero attached hydrogens (tertiary/aromatic N) is 3. The van der Waals surface area contributed by atoms with Gasteiger partial charge in [0.15, 0.2) is 0 Å². The molecule has 34 heavy (non-hydrogen) atoms. The number of halogens is 1. The number of pyridine rings is 2. The minimum absolute atomic E-state index is 0.0647. The third-order valence-electron chi connectivity index (χ3n) is 6.68. The molecule has 7 nitrogen and oxygen atoms in total. The molecular weight excluding hydrogens is 433 g/mol. The number of hydrogen-bond acceptors (Lipinski definition) is 5. The summed E-state index contributed by atoms with van der Waals surface area (Å²) >= 11 is 0. The van der Waals surface area contributed by atoms with Gasteiger partial charge in [0.1, 0.15) is 11.3 Å². The van der Waals surface area contributed by atoms with Crippen LogP contribution >= 0.6 is 0 Å². The molecule has 4 aromatic rings. The van der Waals surface area contributed by atoms with E-state index in [4.69, 9.17) is 0 Å². The molecule has 0 spiro atoms. The summed E-state index contributed by atoms with van der Waals surface area (Å²) in [7, 11) is 0. The van der Waals surface area contributed by atoms with Crippen LogP contribution in [-0.2, 0) is 13.1 Å². The number of aromatic nitrogens is 3. The number of amides is 1. The molecule has 1 aliphatic carbocycles. The monoisotopic (exact) mass is 459 g/mol. The Morgan fingerprint density at radius 1 is 1.12 bits per heavy atom. The van der Waals surface area contributed by atoms with Crippen LogP contribution in [0.15, 0.2) is 59.5 Å². The number of fused-ring (bicyclic) bond motifs is 2. The molecule has 1 amide bonds. The zero-order valence-electron chi connectivity index (χ0n) is 18.9. The second-order valence-corrected chi connectivity index (χ2v) is 9.00. The Labute approximate surface area is 196 Å². The van der Waals surface area contributed by atoms with E-state index < -0.39 is 11.9 Å². The van der Waals surface area contributed by atoms with Gasteiger partial charge in [-0.15, -0.1) is 0 Å². The number of carbonyl (C=O) groups is 1. The minimum Gasteiger partial charge on any atom is -0.347 e. The Bertz CT molecular complexity index is 1430. The van der Waals surface area contributed by atoms with Crippen molar-refractivity contribution in [1.82, 2.24) is 25.0 Å². The zero-order chi connectivity index (χ0) is 23.7. The number of nitrogens with one attached hydrogen (secondary N) is 2. The summed E-state index contributed by atoms with van der Waals surface area (Å²) in [4.78, 5) is 33.2. The molecule has 0 bridgehead atoms. The molecule has 174 valence electrons. The van der Waals surface area contributed by atoms with Crippen molar-refractivity contribution in [3.05, 3.63) is 87.9 Å². The Balaban J connectivity index is 1.27. The van der Waals surface area contributed by atoms with E-state index >= 15 is 0 Å². The first-order valence-corrected chi connectivity index (χ1v) is 11.5. The standard InChI is InChI=1S/C26H26FN5O2/c1-16-5-7-18(16)14-28-15-20-11-19-10-17(6-8-21(19)31-25(20)27)13-29-26(34)22-12-24(33)32-9-3-2-4-23(32)30-22/h2-4,6,8-12,16,18,28H,5,7,13-15H2,1H3,(H,29,34)/t16-,18+/m1/s1. The summed E-state index contributed by atoms with van der Waals surface area (Å²) < 4.78 is 15.8. The van der Waals surface area contributed by atoms with Crippen LogP contribution < -0.4 is 16.2 Å². The predicted octanol–water partition coefficient (Wildman–Crippen LogP) is 3.45. The normalized spacial score (nSPS) is 17.6. The van der Waals surface area contributed by atoms with E-state index in [1.165, 1.54) is 23.3 Å². The highest BCUT2D eigenvalue weighted by atomic mass is 19.1. The molecule has 8 heteroatoms. The maximum Gasteiger partial charge on any atom is 0.270 e. The lowest BCUT2D eigenvalue weighted by Gasteiger charge is -2.34. The molecule has 1 saturated carbocycles. The molecule has 0 radical (unpaired) electrons. The van der Waals surface area contributed by atoms with E-state index in [0.29, 0.717) is 29.2 Å². The largest absolute Gasteiger partial charge is 0.347 e. The van der Waals surface area contributed by atoms with Gasteiger partial charge < -0.3 is 10.6 Å². The molecule has 0 aliphatic heterocycles. The molecule has 1 fully saturated rings. The highest BCUT2D eigenvalue weighted by Crippen LogP contribution is 2.32. The van der Waals surface area contributed by atoms with Crippen molar-refractivity contribution >= 4 is 22.5 Å². The second kappa shape index (κ2) is 9.30. The van der Waals surface area contributed by atoms with Gasteiger partial charge in [-0.25, -0.2) is 9.97 Å². The second-order valence-electron chi connectivity index (χ2n) is 9.00. The average Bonchev–Trinajstić information content (AvgIpc) is 2.84. The third-order valence-corrected chi connectivity index (χ3v) is 6.68. The Kier molecular flexibility index (Phi) is 6.06. The molecular formula is C26H26FN5O2. The molecule has 1 aromatic carbocycles. The van der Waals surface area contributed by atoms with Crippen LogP contribution in [0.3, 0.4) is 0 Å². The van der Waals surface area contributed by atoms with E-state index in [1.807, 2.05) is 12.1 Å². The fourth-order valence-corrected chi connectivity index (χ4v) is 4.35. The third kappa shape index (κ3) is 4.54. The van der Waals surface area contributed by atoms with Crippen LogP contribution in [0.4, 0.5) is 4.39 Å². The first-order chi connectivity index (χ1) is 16.5. The molecule has 2 atom stereocenters. The lowest BCUT2D eigenvalue weighted by Crippen LogP contribution is -2.33. The van der Waals surface area contributed by atoms with Gasteiger partial charge in [-0.1, -0.05) is 25.5 Å². The highest BCUT2D eigenvalue weighted by Gasteiger charge is 2.25. The summed E-state index contributed by atoms with van der Waals surface area (Å²) in [6, 6.07) is 13.6. The Hall–Kier alpha value is -3.65. The van der Waals surface area contributed by atoms with Gasteiger partial charge in [-0.05, 0) is 60.7 Å². The van der Waals surface area contributed by atoms with Crippen LogP contribution in [0.25, 0.3) is 16.6 Å². The molecule has 0 unspecified atom stereocenters. The van der Waals surface area contributed by atoms with Gasteiger partial charge in [0.25, 0.3) is 11.5 Å². The first-order valence-electron chi connectivity index (χ1n) is 11.5. The fraction of sp³-hybridized carbons (Fsp3) is 0.308. The number of rotatable bonds is 7. The minimum atomic E-state index is -0.462. The van der Waals surface area contributed by atoms with Gasteiger partial charge >= 0.3 is 0 Å². The highest BCUT2D eigenvalue weighted by molar-refractivity contribution is 5.92. The quantitative estimate of drug-likeness (QED) is 0.414. The zero-order valence-corrected chi connectivity index (χ0v) is 18.9. The summed E-state index contributed by atoms with van der Waals surface area (Å²) in [5.74, 6) is 0.501. The van der Waals surface area contributed by atoms with Crippen LogP contribution in [0, 0.1) is 17.8 Å². The summed E-state index contributed by atoms with van der Waals surface area (Å²) in [5.41, 5.74) is 2.09. The van der Waals surface area contributed by atoms with Crippen molar-refractivity contribution < 1.29 is 9.18 Å². The van der Waals surface area contributed by atoms with Crippen LogP contribution in [0.5, 0.6) is 0 Å². The van der Waals surface area contributed by atoms with E-state index in [0.717, 1.165) is 23.4 Å². The van der Waals surface area contributed by atoms with Crippen molar-refractivity contribution in [3.8, 4) is 0 Å². The fourth-order valence-electron chi connectivity index (χ4n) is 4.35. The van der Waals surface area contributed by atoms with Gasteiger partial charge in [0.05, 0.1) is 5.52 Å². The summed E-state index contributed by atoms with van der Waals surface area (Å²) in [5, 5.41) is 6.97. The smallest absolute Gasteiger partial charge is 0.270 e. The van der Waals surface area contributed by atoms with Gasteiger partial charge in [-0.3, -0.25) is 14.0 Å². The van der Waals surface area contributed by atoms with Crippen LogP contribution in [0.2, 0.25) is 0 Å². The Morgan fingerprint density at radius 2 is 2.00 bits per heavy atom.